The molecule has 6 nitrogen and oxygen atoms in total. The van der Waals surface area contributed by atoms with E-state index in [-0.39, 0.29) is 0 Å². The molecule has 0 aliphatic carbocycles. The van der Waals surface area contributed by atoms with Crippen molar-refractivity contribution in [3.8, 4) is 0 Å². The van der Waals surface area contributed by atoms with Gasteiger partial charge in [0, 0.05) is 19.1 Å². The molecule has 21 heavy (non-hydrogen) atoms. The summed E-state index contributed by atoms with van der Waals surface area (Å²) in [6, 6.07) is 0.377. The van der Waals surface area contributed by atoms with Crippen LogP contribution < -0.4 is 5.73 Å². The first-order valence-electron chi connectivity index (χ1n) is 8.24. The Kier molecular flexibility index (Phi) is 6.60. The Morgan fingerprint density at radius 1 is 1.14 bits per heavy atom. The van der Waals surface area contributed by atoms with Gasteiger partial charge in [0.25, 0.3) is 0 Å². The summed E-state index contributed by atoms with van der Waals surface area (Å²) >= 11 is 0. The Labute approximate surface area is 128 Å². The van der Waals surface area contributed by atoms with Gasteiger partial charge in [-0.2, -0.15) is 5.10 Å². The number of unbranched alkanes of at least 4 members (excludes halogenated alkanes) is 1. The first-order valence-corrected chi connectivity index (χ1v) is 8.24. The third-order valence-corrected chi connectivity index (χ3v) is 4.11. The number of nitrogens with two attached hydrogens (primary N) is 1. The van der Waals surface area contributed by atoms with Crippen molar-refractivity contribution >= 4 is 0 Å². The van der Waals surface area contributed by atoms with Crippen LogP contribution in [-0.2, 0) is 6.54 Å². The molecule has 120 valence electrons. The van der Waals surface area contributed by atoms with Crippen LogP contribution in [0.3, 0.4) is 0 Å². The second-order valence-corrected chi connectivity index (χ2v) is 6.18. The van der Waals surface area contributed by atoms with Crippen LogP contribution in [0.4, 0.5) is 0 Å². The van der Waals surface area contributed by atoms with Gasteiger partial charge in [0.05, 0.1) is 6.54 Å². The highest BCUT2D eigenvalue weighted by Gasteiger charge is 2.17. The molecule has 0 bridgehead atoms. The molecule has 0 spiro atoms. The molecule has 2 N–H and O–H groups in total. The average Bonchev–Trinajstić information content (AvgIpc) is 2.81. The number of hydrogen-bond donors (Lipinski definition) is 1. The van der Waals surface area contributed by atoms with E-state index >= 15 is 0 Å². The molecule has 0 aromatic carbocycles. The van der Waals surface area contributed by atoms with Crippen LogP contribution in [-0.4, -0.2) is 63.8 Å². The summed E-state index contributed by atoms with van der Waals surface area (Å²) in [4.78, 5) is 9.50. The van der Waals surface area contributed by atoms with E-state index in [9.17, 15) is 0 Å². The maximum atomic E-state index is 5.57. The molecule has 2 heterocycles. The molecular formula is C15H30N6. The number of aromatic nitrogens is 3. The topological polar surface area (TPSA) is 63.2 Å². The molecule has 0 unspecified atom stereocenters. The van der Waals surface area contributed by atoms with Gasteiger partial charge < -0.3 is 10.6 Å². The van der Waals surface area contributed by atoms with E-state index in [1.807, 2.05) is 4.68 Å². The molecule has 1 saturated heterocycles. The lowest BCUT2D eigenvalue weighted by atomic mass is 10.3. The van der Waals surface area contributed by atoms with E-state index in [2.05, 4.69) is 33.7 Å². The quantitative estimate of drug-likeness (QED) is 0.763. The monoisotopic (exact) mass is 294 g/mol. The van der Waals surface area contributed by atoms with Crippen molar-refractivity contribution in [1.82, 2.24) is 24.6 Å². The van der Waals surface area contributed by atoms with E-state index in [1.54, 1.807) is 6.33 Å². The van der Waals surface area contributed by atoms with Gasteiger partial charge in [0.2, 0.25) is 0 Å². The van der Waals surface area contributed by atoms with Crippen LogP contribution in [0.25, 0.3) is 0 Å². The van der Waals surface area contributed by atoms with Crippen LogP contribution in [0.2, 0.25) is 0 Å². The van der Waals surface area contributed by atoms with E-state index in [4.69, 9.17) is 5.73 Å². The van der Waals surface area contributed by atoms with Gasteiger partial charge in [-0.1, -0.05) is 0 Å². The Hall–Kier alpha value is -0.980. The maximum Gasteiger partial charge on any atom is 0.141 e. The summed E-state index contributed by atoms with van der Waals surface area (Å²) < 4.78 is 2.03. The smallest absolute Gasteiger partial charge is 0.141 e. The predicted octanol–water partition coefficient (Wildman–Crippen LogP) is 1.11. The van der Waals surface area contributed by atoms with Crippen molar-refractivity contribution in [2.24, 2.45) is 5.73 Å². The van der Waals surface area contributed by atoms with Crippen molar-refractivity contribution in [3.63, 3.8) is 0 Å². The molecule has 1 fully saturated rings. The first kappa shape index (κ1) is 16.4. The first-order chi connectivity index (χ1) is 10.2. The molecule has 1 aromatic rings. The lowest BCUT2D eigenvalue weighted by Crippen LogP contribution is -2.32. The third kappa shape index (κ3) is 5.05. The van der Waals surface area contributed by atoms with Crippen LogP contribution in [0.1, 0.15) is 45.0 Å². The zero-order chi connectivity index (χ0) is 15.1. The molecule has 1 aliphatic rings. The molecule has 6 heteroatoms. The molecule has 0 saturated carbocycles. The van der Waals surface area contributed by atoms with Gasteiger partial charge in [-0.05, 0) is 59.3 Å². The van der Waals surface area contributed by atoms with Gasteiger partial charge in [-0.25, -0.2) is 9.67 Å². The summed E-state index contributed by atoms with van der Waals surface area (Å²) in [5.41, 5.74) is 5.57. The number of hydrogen-bond acceptors (Lipinski definition) is 5. The minimum Gasteiger partial charge on any atom is -0.330 e. The third-order valence-electron chi connectivity index (χ3n) is 4.11. The van der Waals surface area contributed by atoms with Crippen LogP contribution in [0.5, 0.6) is 0 Å². The fourth-order valence-corrected chi connectivity index (χ4v) is 2.90. The standard InChI is InChI=1S/C15H30N6/c1-14(2)21-15(17-13-18-21)12-20-9-5-8-19(10-11-20)7-4-3-6-16/h13-14H,3-12,16H2,1-2H3. The summed E-state index contributed by atoms with van der Waals surface area (Å²) in [5.74, 6) is 1.08. The van der Waals surface area contributed by atoms with Gasteiger partial charge in [-0.15, -0.1) is 0 Å². The van der Waals surface area contributed by atoms with E-state index < -0.39 is 0 Å². The summed E-state index contributed by atoms with van der Waals surface area (Å²) in [7, 11) is 0. The largest absolute Gasteiger partial charge is 0.330 e. The van der Waals surface area contributed by atoms with Gasteiger partial charge >= 0.3 is 0 Å². The fourth-order valence-electron chi connectivity index (χ4n) is 2.90. The normalized spacial score (nSPS) is 18.3. The van der Waals surface area contributed by atoms with Crippen molar-refractivity contribution in [2.75, 3.05) is 39.3 Å². The minimum absolute atomic E-state index is 0.377. The average molecular weight is 294 g/mol. The lowest BCUT2D eigenvalue weighted by molar-refractivity contribution is 0.241. The molecule has 1 aromatic heterocycles. The second-order valence-electron chi connectivity index (χ2n) is 6.18. The molecule has 0 radical (unpaired) electrons. The van der Waals surface area contributed by atoms with E-state index in [0.29, 0.717) is 6.04 Å². The Bertz CT molecular complexity index is 403. The predicted molar refractivity (Wildman–Crippen MR) is 85.0 cm³/mol. The highest BCUT2D eigenvalue weighted by Crippen LogP contribution is 2.11. The summed E-state index contributed by atoms with van der Waals surface area (Å²) in [6.07, 6.45) is 5.26. The van der Waals surface area contributed by atoms with Crippen LogP contribution in [0, 0.1) is 0 Å². The fraction of sp³-hybridized carbons (Fsp3) is 0.867. The SMILES string of the molecule is CC(C)n1ncnc1CN1CCCN(CCCCN)CC1. The summed E-state index contributed by atoms with van der Waals surface area (Å²) in [6.45, 7) is 11.8. The maximum absolute atomic E-state index is 5.57. The lowest BCUT2D eigenvalue weighted by Gasteiger charge is -2.22. The summed E-state index contributed by atoms with van der Waals surface area (Å²) in [5, 5.41) is 4.33. The molecular weight excluding hydrogens is 264 g/mol. The number of nitrogens with zero attached hydrogens (tertiary/aromatic N) is 5. The Morgan fingerprint density at radius 3 is 2.67 bits per heavy atom. The molecule has 1 aliphatic heterocycles. The zero-order valence-corrected chi connectivity index (χ0v) is 13.5. The van der Waals surface area contributed by atoms with Crippen LogP contribution in [0.15, 0.2) is 6.33 Å². The van der Waals surface area contributed by atoms with Crippen molar-refractivity contribution in [3.05, 3.63) is 12.2 Å². The highest BCUT2D eigenvalue weighted by molar-refractivity contribution is 4.87. The number of rotatable bonds is 7. The molecule has 0 amide bonds. The molecule has 2 rings (SSSR count). The zero-order valence-electron chi connectivity index (χ0n) is 13.5. The Balaban J connectivity index is 1.81. The van der Waals surface area contributed by atoms with Gasteiger partial charge in [-0.3, -0.25) is 4.90 Å². The van der Waals surface area contributed by atoms with Crippen molar-refractivity contribution in [2.45, 2.75) is 45.7 Å². The minimum atomic E-state index is 0.377. The Morgan fingerprint density at radius 2 is 1.90 bits per heavy atom. The van der Waals surface area contributed by atoms with E-state index in [0.717, 1.165) is 45.0 Å². The van der Waals surface area contributed by atoms with Crippen molar-refractivity contribution in [1.29, 1.82) is 0 Å². The van der Waals surface area contributed by atoms with Crippen molar-refractivity contribution < 1.29 is 0 Å². The highest BCUT2D eigenvalue weighted by atomic mass is 15.4. The second kappa shape index (κ2) is 8.46. The van der Waals surface area contributed by atoms with E-state index in [1.165, 1.54) is 25.9 Å². The van der Waals surface area contributed by atoms with Gasteiger partial charge in [0.1, 0.15) is 12.2 Å². The van der Waals surface area contributed by atoms with Crippen LogP contribution >= 0.6 is 0 Å². The van der Waals surface area contributed by atoms with Gasteiger partial charge in [0.15, 0.2) is 0 Å². The molecule has 0 atom stereocenters.